The van der Waals surface area contributed by atoms with Gasteiger partial charge in [0, 0.05) is 37.5 Å². The van der Waals surface area contributed by atoms with Crippen molar-refractivity contribution in [2.75, 3.05) is 23.7 Å². The SMILES string of the molecule is CCCCNC(=O)[C@H](Cc1ccccc1)N(Cc1ccc(F)cc1)C(=O)CCCN(c1cc(Cl)ccc1Cl)S(C)(=O)=O. The molecule has 3 rings (SSSR count). The van der Waals surface area contributed by atoms with Gasteiger partial charge in [0.05, 0.1) is 17.0 Å². The number of benzene rings is 3. The van der Waals surface area contributed by atoms with Gasteiger partial charge in [0.15, 0.2) is 0 Å². The summed E-state index contributed by atoms with van der Waals surface area (Å²) in [4.78, 5) is 28.8. The fourth-order valence-corrected chi connectivity index (χ4v) is 5.91. The first-order chi connectivity index (χ1) is 20.0. The van der Waals surface area contributed by atoms with E-state index in [0.29, 0.717) is 17.1 Å². The van der Waals surface area contributed by atoms with Crippen LogP contribution in [0.2, 0.25) is 10.0 Å². The van der Waals surface area contributed by atoms with E-state index in [0.717, 1.165) is 29.0 Å². The van der Waals surface area contributed by atoms with Crippen molar-refractivity contribution in [3.05, 3.63) is 99.8 Å². The number of hydrogen-bond donors (Lipinski definition) is 1. The minimum absolute atomic E-state index is 0.0267. The van der Waals surface area contributed by atoms with Gasteiger partial charge in [-0.05, 0) is 54.3 Å². The summed E-state index contributed by atoms with van der Waals surface area (Å²) in [5, 5.41) is 3.48. The lowest BCUT2D eigenvalue weighted by atomic mass is 10.0. The highest BCUT2D eigenvalue weighted by Crippen LogP contribution is 2.31. The second kappa shape index (κ2) is 15.9. The summed E-state index contributed by atoms with van der Waals surface area (Å²) < 4.78 is 40.1. The summed E-state index contributed by atoms with van der Waals surface area (Å²) in [6.07, 6.45) is 3.14. The van der Waals surface area contributed by atoms with E-state index in [1.807, 2.05) is 37.3 Å². The summed E-state index contributed by atoms with van der Waals surface area (Å²) >= 11 is 12.4. The van der Waals surface area contributed by atoms with Crippen LogP contribution < -0.4 is 9.62 Å². The Hall–Kier alpha value is -3.14. The van der Waals surface area contributed by atoms with E-state index in [4.69, 9.17) is 23.2 Å². The quantitative estimate of drug-likeness (QED) is 0.200. The summed E-state index contributed by atoms with van der Waals surface area (Å²) in [5.74, 6) is -1.03. The minimum atomic E-state index is -3.75. The van der Waals surface area contributed by atoms with E-state index >= 15 is 0 Å². The highest BCUT2D eigenvalue weighted by atomic mass is 35.5. The van der Waals surface area contributed by atoms with Crippen molar-refractivity contribution in [3.63, 3.8) is 0 Å². The number of halogens is 3. The van der Waals surface area contributed by atoms with E-state index in [9.17, 15) is 22.4 Å². The van der Waals surface area contributed by atoms with Crippen molar-refractivity contribution in [1.29, 1.82) is 0 Å². The lowest BCUT2D eigenvalue weighted by molar-refractivity contribution is -0.141. The van der Waals surface area contributed by atoms with Gasteiger partial charge in [-0.3, -0.25) is 13.9 Å². The van der Waals surface area contributed by atoms with Crippen molar-refractivity contribution in [2.24, 2.45) is 0 Å². The van der Waals surface area contributed by atoms with Gasteiger partial charge in [-0.15, -0.1) is 0 Å². The van der Waals surface area contributed by atoms with E-state index in [2.05, 4.69) is 5.32 Å². The maximum Gasteiger partial charge on any atom is 0.243 e. The number of nitrogens with zero attached hydrogens (tertiary/aromatic N) is 2. The van der Waals surface area contributed by atoms with E-state index in [-0.39, 0.29) is 54.9 Å². The Morgan fingerprint density at radius 2 is 1.64 bits per heavy atom. The second-order valence-corrected chi connectivity index (χ2v) is 12.8. The fourth-order valence-electron chi connectivity index (χ4n) is 4.51. The molecule has 226 valence electrons. The molecule has 0 aromatic heterocycles. The van der Waals surface area contributed by atoms with Crippen LogP contribution in [0.3, 0.4) is 0 Å². The van der Waals surface area contributed by atoms with Crippen LogP contribution in [0, 0.1) is 5.82 Å². The first-order valence-electron chi connectivity index (χ1n) is 13.8. The predicted octanol–water partition coefficient (Wildman–Crippen LogP) is 6.24. The van der Waals surface area contributed by atoms with E-state index in [1.54, 1.807) is 18.2 Å². The van der Waals surface area contributed by atoms with Crippen LogP contribution in [0.25, 0.3) is 0 Å². The average molecular weight is 637 g/mol. The normalized spacial score (nSPS) is 12.0. The number of sulfonamides is 1. The van der Waals surface area contributed by atoms with E-state index < -0.39 is 21.9 Å². The van der Waals surface area contributed by atoms with Crippen LogP contribution in [0.15, 0.2) is 72.8 Å². The van der Waals surface area contributed by atoms with Gasteiger partial charge in [-0.25, -0.2) is 12.8 Å². The second-order valence-electron chi connectivity index (χ2n) is 10.0. The van der Waals surface area contributed by atoms with Gasteiger partial charge in [0.1, 0.15) is 11.9 Å². The fraction of sp³-hybridized carbons (Fsp3) is 0.355. The maximum atomic E-state index is 13.8. The van der Waals surface area contributed by atoms with Crippen molar-refractivity contribution in [2.45, 2.75) is 51.6 Å². The van der Waals surface area contributed by atoms with Gasteiger partial charge in [-0.2, -0.15) is 0 Å². The predicted molar refractivity (Wildman–Crippen MR) is 167 cm³/mol. The Morgan fingerprint density at radius 3 is 2.29 bits per heavy atom. The van der Waals surface area contributed by atoms with Crippen molar-refractivity contribution in [3.8, 4) is 0 Å². The van der Waals surface area contributed by atoms with Gasteiger partial charge in [0.25, 0.3) is 0 Å². The molecule has 0 aliphatic carbocycles. The molecule has 3 aromatic carbocycles. The third-order valence-electron chi connectivity index (χ3n) is 6.70. The molecule has 0 fully saturated rings. The molecule has 0 unspecified atom stereocenters. The molecular weight excluding hydrogens is 600 g/mol. The zero-order valence-corrected chi connectivity index (χ0v) is 26.1. The number of unbranched alkanes of at least 4 members (excludes halogenated alkanes) is 1. The van der Waals surface area contributed by atoms with Crippen molar-refractivity contribution in [1.82, 2.24) is 10.2 Å². The Bertz CT molecular complexity index is 1440. The molecule has 0 spiro atoms. The molecule has 7 nitrogen and oxygen atoms in total. The number of nitrogens with one attached hydrogen (secondary N) is 1. The molecule has 0 radical (unpaired) electrons. The van der Waals surface area contributed by atoms with Gasteiger partial charge >= 0.3 is 0 Å². The highest BCUT2D eigenvalue weighted by molar-refractivity contribution is 7.92. The van der Waals surface area contributed by atoms with Gasteiger partial charge in [-0.1, -0.05) is 79.0 Å². The Labute approximate surface area is 257 Å². The molecule has 0 aliphatic heterocycles. The molecule has 0 saturated carbocycles. The third kappa shape index (κ3) is 10.00. The molecule has 0 aliphatic rings. The number of carbonyl (C=O) groups excluding carboxylic acids is 2. The largest absolute Gasteiger partial charge is 0.354 e. The third-order valence-corrected chi connectivity index (χ3v) is 8.43. The molecule has 1 atom stereocenters. The molecule has 3 aromatic rings. The zero-order valence-electron chi connectivity index (χ0n) is 23.7. The highest BCUT2D eigenvalue weighted by Gasteiger charge is 2.30. The molecule has 2 amide bonds. The summed E-state index contributed by atoms with van der Waals surface area (Å²) in [7, 11) is -3.75. The van der Waals surface area contributed by atoms with Crippen molar-refractivity contribution >= 4 is 50.7 Å². The number of rotatable bonds is 15. The van der Waals surface area contributed by atoms with Crippen LogP contribution in [0.4, 0.5) is 10.1 Å². The number of carbonyl (C=O) groups is 2. The Morgan fingerprint density at radius 1 is 0.952 bits per heavy atom. The summed E-state index contributed by atoms with van der Waals surface area (Å²) in [6, 6.07) is 18.9. The first kappa shape index (κ1) is 33.4. The molecule has 0 heterocycles. The Balaban J connectivity index is 1.88. The molecule has 42 heavy (non-hydrogen) atoms. The topological polar surface area (TPSA) is 86.8 Å². The van der Waals surface area contributed by atoms with Crippen LogP contribution in [0.1, 0.15) is 43.7 Å². The lowest BCUT2D eigenvalue weighted by Gasteiger charge is -2.32. The smallest absolute Gasteiger partial charge is 0.243 e. The molecule has 0 saturated heterocycles. The maximum absolute atomic E-state index is 13.8. The average Bonchev–Trinajstić information content (AvgIpc) is 2.95. The first-order valence-corrected chi connectivity index (χ1v) is 16.4. The minimum Gasteiger partial charge on any atom is -0.354 e. The van der Waals surface area contributed by atoms with E-state index in [1.165, 1.54) is 29.2 Å². The van der Waals surface area contributed by atoms with Crippen LogP contribution in [-0.4, -0.2) is 50.5 Å². The summed E-state index contributed by atoms with van der Waals surface area (Å²) in [5.41, 5.74) is 1.76. The monoisotopic (exact) mass is 635 g/mol. The van der Waals surface area contributed by atoms with Gasteiger partial charge < -0.3 is 10.2 Å². The standard InChI is InChI=1S/C31H36Cl2FN3O4S/c1-3-4-18-35-31(39)29(20-23-9-6-5-7-10-23)36(22-24-12-15-26(34)16-13-24)30(38)11-8-19-37(42(2,40)41)28-21-25(32)14-17-27(28)33/h5-7,9-10,12-17,21,29H,3-4,8,11,18-20,22H2,1-2H3,(H,35,39)/t29-/m0/s1. The van der Waals surface area contributed by atoms with Crippen LogP contribution in [-0.2, 0) is 32.6 Å². The summed E-state index contributed by atoms with van der Waals surface area (Å²) in [6.45, 7) is 2.55. The lowest BCUT2D eigenvalue weighted by Crippen LogP contribution is -2.50. The van der Waals surface area contributed by atoms with Crippen molar-refractivity contribution < 1.29 is 22.4 Å². The molecule has 0 bridgehead atoms. The number of anilines is 1. The number of hydrogen-bond acceptors (Lipinski definition) is 4. The molecular formula is C31H36Cl2FN3O4S. The molecule has 11 heteroatoms. The van der Waals surface area contributed by atoms with Crippen LogP contribution >= 0.6 is 23.2 Å². The molecule has 1 N–H and O–H groups in total. The number of amides is 2. The Kier molecular flexibility index (Phi) is 12.6. The van der Waals surface area contributed by atoms with Crippen LogP contribution in [0.5, 0.6) is 0 Å². The van der Waals surface area contributed by atoms with Gasteiger partial charge in [0.2, 0.25) is 21.8 Å². The zero-order chi connectivity index (χ0) is 30.7.